The van der Waals surface area contributed by atoms with Crippen LogP contribution in [0.4, 0.5) is 4.39 Å². The first kappa shape index (κ1) is 20.2. The molecule has 2 aromatic carbocycles. The molecule has 168 valence electrons. The van der Waals surface area contributed by atoms with Gasteiger partial charge in [0, 0.05) is 22.9 Å². The van der Waals surface area contributed by atoms with E-state index in [4.69, 9.17) is 0 Å². The molecule has 34 heavy (non-hydrogen) atoms. The first-order chi connectivity index (χ1) is 16.6. The number of pyridine rings is 1. The second-order valence-corrected chi connectivity index (χ2v) is 7.97. The summed E-state index contributed by atoms with van der Waals surface area (Å²) < 4.78 is 15.8. The summed E-state index contributed by atoms with van der Waals surface area (Å²) in [7, 11) is 0. The van der Waals surface area contributed by atoms with Crippen molar-refractivity contribution in [2.75, 3.05) is 0 Å². The van der Waals surface area contributed by atoms with Crippen LogP contribution in [0.15, 0.2) is 66.9 Å². The van der Waals surface area contributed by atoms with Crippen molar-refractivity contribution >= 4 is 16.9 Å². The Hall–Kier alpha value is -4.44. The number of aromatic nitrogens is 6. The van der Waals surface area contributed by atoms with Crippen molar-refractivity contribution in [2.24, 2.45) is 0 Å². The van der Waals surface area contributed by atoms with Crippen molar-refractivity contribution in [3.63, 3.8) is 0 Å². The lowest BCUT2D eigenvalue weighted by Gasteiger charge is -2.19. The normalized spacial score (nSPS) is 15.3. The van der Waals surface area contributed by atoms with E-state index in [1.165, 1.54) is 11.0 Å². The zero-order valence-electron chi connectivity index (χ0n) is 17.8. The largest absolute Gasteiger partial charge is 0.369 e. The highest BCUT2D eigenvalue weighted by Crippen LogP contribution is 2.32. The lowest BCUT2D eigenvalue weighted by atomic mass is 10.1. The van der Waals surface area contributed by atoms with Gasteiger partial charge < -0.3 is 10.0 Å². The second kappa shape index (κ2) is 7.85. The minimum atomic E-state index is -1.05. The quantitative estimate of drug-likeness (QED) is 0.421. The Morgan fingerprint density at radius 3 is 2.71 bits per heavy atom. The van der Waals surface area contributed by atoms with Crippen molar-refractivity contribution < 1.29 is 14.3 Å². The van der Waals surface area contributed by atoms with Gasteiger partial charge in [0.05, 0.1) is 18.5 Å². The fraction of sp³-hybridized carbons (Fsp3) is 0.125. The van der Waals surface area contributed by atoms with Crippen LogP contribution in [0.5, 0.6) is 0 Å². The van der Waals surface area contributed by atoms with Crippen LogP contribution in [0.25, 0.3) is 22.6 Å². The molecule has 0 bridgehead atoms. The number of carbonyl (C=O) groups excluding carboxylic acids is 1. The summed E-state index contributed by atoms with van der Waals surface area (Å²) >= 11 is 0. The summed E-state index contributed by atoms with van der Waals surface area (Å²) in [5.74, 6) is 0.123. The van der Waals surface area contributed by atoms with Gasteiger partial charge in [0.1, 0.15) is 17.3 Å². The molecule has 1 aliphatic rings. The Labute approximate surface area is 192 Å². The molecule has 6 rings (SSSR count). The SMILES string of the molecule is O=C1c2ccccc2C(O)N1Cc1nc(-c2nn(Cc3ccccc3F)c3ncccc23)n[nH]1. The van der Waals surface area contributed by atoms with Crippen LogP contribution < -0.4 is 0 Å². The van der Waals surface area contributed by atoms with E-state index in [0.717, 1.165) is 0 Å². The van der Waals surface area contributed by atoms with Crippen LogP contribution in [0.2, 0.25) is 0 Å². The number of benzene rings is 2. The number of carbonyl (C=O) groups is 1. The molecule has 5 aromatic rings. The number of rotatable bonds is 5. The predicted molar refractivity (Wildman–Crippen MR) is 120 cm³/mol. The smallest absolute Gasteiger partial charge is 0.257 e. The number of aliphatic hydroxyl groups is 1. The third-order valence-electron chi connectivity index (χ3n) is 5.87. The van der Waals surface area contributed by atoms with Crippen molar-refractivity contribution in [3.8, 4) is 11.5 Å². The Morgan fingerprint density at radius 1 is 1.03 bits per heavy atom. The molecule has 1 unspecified atom stereocenters. The van der Waals surface area contributed by atoms with Gasteiger partial charge in [-0.15, -0.1) is 0 Å². The van der Waals surface area contributed by atoms with Crippen molar-refractivity contribution in [1.82, 2.24) is 34.8 Å². The molecule has 1 amide bonds. The van der Waals surface area contributed by atoms with Gasteiger partial charge >= 0.3 is 0 Å². The van der Waals surface area contributed by atoms with Crippen molar-refractivity contribution in [2.45, 2.75) is 19.3 Å². The van der Waals surface area contributed by atoms with Crippen LogP contribution in [-0.2, 0) is 13.1 Å². The molecule has 4 heterocycles. The molecular formula is C24H18FN7O2. The van der Waals surface area contributed by atoms with E-state index < -0.39 is 6.23 Å². The summed E-state index contributed by atoms with van der Waals surface area (Å²) in [6, 6.07) is 17.1. The molecule has 0 fully saturated rings. The molecule has 0 radical (unpaired) electrons. The fourth-order valence-electron chi connectivity index (χ4n) is 4.21. The average Bonchev–Trinajstić information content (AvgIpc) is 3.53. The standard InChI is InChI=1S/C24H18FN7O2/c25-18-10-4-1-6-14(18)12-32-22-17(9-5-11-26-22)20(30-32)21-27-19(28-29-21)13-31-23(33)15-7-2-3-8-16(15)24(31)34/h1-11,23,33H,12-13H2,(H,27,28,29). The highest BCUT2D eigenvalue weighted by atomic mass is 19.1. The Bertz CT molecular complexity index is 1540. The molecule has 0 saturated heterocycles. The molecular weight excluding hydrogens is 437 g/mol. The number of fused-ring (bicyclic) bond motifs is 2. The van der Waals surface area contributed by atoms with Gasteiger partial charge in [-0.05, 0) is 24.3 Å². The first-order valence-corrected chi connectivity index (χ1v) is 10.6. The molecule has 2 N–H and O–H groups in total. The summed E-state index contributed by atoms with van der Waals surface area (Å²) in [6.07, 6.45) is 0.592. The third kappa shape index (κ3) is 3.23. The summed E-state index contributed by atoms with van der Waals surface area (Å²) in [5.41, 5.74) is 2.59. The molecule has 0 saturated carbocycles. The van der Waals surface area contributed by atoms with E-state index in [9.17, 15) is 14.3 Å². The number of hydrogen-bond acceptors (Lipinski definition) is 6. The first-order valence-electron chi connectivity index (χ1n) is 10.6. The predicted octanol–water partition coefficient (Wildman–Crippen LogP) is 3.05. The zero-order chi connectivity index (χ0) is 23.2. The topological polar surface area (TPSA) is 113 Å². The van der Waals surface area contributed by atoms with Gasteiger partial charge in [0.2, 0.25) is 5.82 Å². The van der Waals surface area contributed by atoms with E-state index in [2.05, 4.69) is 25.3 Å². The van der Waals surface area contributed by atoms with E-state index >= 15 is 0 Å². The number of H-pyrrole nitrogens is 1. The minimum Gasteiger partial charge on any atom is -0.369 e. The Morgan fingerprint density at radius 2 is 1.85 bits per heavy atom. The monoisotopic (exact) mass is 455 g/mol. The van der Waals surface area contributed by atoms with Crippen molar-refractivity contribution in [3.05, 3.63) is 95.2 Å². The van der Waals surface area contributed by atoms with E-state index in [-0.39, 0.29) is 24.8 Å². The van der Waals surface area contributed by atoms with E-state index in [0.29, 0.717) is 45.1 Å². The number of hydrogen-bond donors (Lipinski definition) is 2. The number of aromatic amines is 1. The maximum absolute atomic E-state index is 14.2. The highest BCUT2D eigenvalue weighted by Gasteiger charge is 2.35. The molecule has 1 aliphatic heterocycles. The molecule has 9 nitrogen and oxygen atoms in total. The number of amides is 1. The van der Waals surface area contributed by atoms with E-state index in [1.807, 2.05) is 6.07 Å². The molecule has 1 atom stereocenters. The molecule has 0 aliphatic carbocycles. The van der Waals surface area contributed by atoms with Crippen molar-refractivity contribution in [1.29, 1.82) is 0 Å². The lowest BCUT2D eigenvalue weighted by molar-refractivity contribution is 0.0126. The zero-order valence-corrected chi connectivity index (χ0v) is 17.8. The number of nitrogens with one attached hydrogen (secondary N) is 1. The summed E-state index contributed by atoms with van der Waals surface area (Å²) in [5, 5.41) is 23.0. The van der Waals surface area contributed by atoms with Gasteiger partial charge in [-0.2, -0.15) is 10.2 Å². The van der Waals surface area contributed by atoms with Crippen LogP contribution in [-0.4, -0.2) is 45.9 Å². The molecule has 0 spiro atoms. The molecule has 10 heteroatoms. The van der Waals surface area contributed by atoms with Gasteiger partial charge in [-0.25, -0.2) is 19.0 Å². The molecule has 3 aromatic heterocycles. The van der Waals surface area contributed by atoms with E-state index in [1.54, 1.807) is 59.4 Å². The Kier molecular flexibility index (Phi) is 4.66. The fourth-order valence-corrected chi connectivity index (χ4v) is 4.21. The highest BCUT2D eigenvalue weighted by molar-refractivity contribution is 5.98. The third-order valence-corrected chi connectivity index (χ3v) is 5.87. The van der Waals surface area contributed by atoms with Crippen LogP contribution in [0.3, 0.4) is 0 Å². The van der Waals surface area contributed by atoms with Crippen LogP contribution >= 0.6 is 0 Å². The number of aliphatic hydroxyl groups excluding tert-OH is 1. The van der Waals surface area contributed by atoms with Crippen LogP contribution in [0.1, 0.15) is 33.5 Å². The van der Waals surface area contributed by atoms with Gasteiger partial charge in [0.25, 0.3) is 5.91 Å². The lowest BCUT2D eigenvalue weighted by Crippen LogP contribution is -2.27. The van der Waals surface area contributed by atoms with Gasteiger partial charge in [0.15, 0.2) is 11.9 Å². The maximum atomic E-state index is 14.2. The average molecular weight is 455 g/mol. The minimum absolute atomic E-state index is 0.0494. The van der Waals surface area contributed by atoms with Crippen LogP contribution in [0, 0.1) is 5.82 Å². The number of halogens is 1. The van der Waals surface area contributed by atoms with Gasteiger partial charge in [-0.3, -0.25) is 9.89 Å². The summed E-state index contributed by atoms with van der Waals surface area (Å²) in [6.45, 7) is 0.248. The Balaban J connectivity index is 1.32. The number of nitrogens with zero attached hydrogens (tertiary/aromatic N) is 6. The summed E-state index contributed by atoms with van der Waals surface area (Å²) in [4.78, 5) is 23.0. The van der Waals surface area contributed by atoms with Gasteiger partial charge in [-0.1, -0.05) is 36.4 Å². The second-order valence-electron chi connectivity index (χ2n) is 7.97. The maximum Gasteiger partial charge on any atom is 0.257 e.